The molecular weight excluding hydrogens is 825 g/mol. The first-order chi connectivity index (χ1) is 30.1. The van der Waals surface area contributed by atoms with Gasteiger partial charge in [-0.3, -0.25) is 14.4 Å². The van der Waals surface area contributed by atoms with Crippen LogP contribution in [-0.4, -0.2) is 28.2 Å². The summed E-state index contributed by atoms with van der Waals surface area (Å²) < 4.78 is 0. The number of aldehydes is 1. The predicted octanol–water partition coefficient (Wildman–Crippen LogP) is 14.5. The lowest BCUT2D eigenvalue weighted by molar-refractivity contribution is 0.102. The van der Waals surface area contributed by atoms with E-state index in [0.29, 0.717) is 67.0 Å². The Hall–Kier alpha value is -7.93. The van der Waals surface area contributed by atoms with Gasteiger partial charge in [0, 0.05) is 27.6 Å². The molecule has 3 N–H and O–H groups in total. The molecule has 14 heteroatoms. The second-order valence-electron chi connectivity index (χ2n) is 14.3. The van der Waals surface area contributed by atoms with Crippen molar-refractivity contribution in [2.75, 3.05) is 5.32 Å². The fourth-order valence-electron chi connectivity index (χ4n) is 7.21. The van der Waals surface area contributed by atoms with E-state index in [4.69, 9.17) is 23.2 Å². The number of nitrogens with zero attached hydrogens (tertiary/aromatic N) is 6. The van der Waals surface area contributed by atoms with E-state index in [1.165, 1.54) is 6.07 Å². The number of nitrogens with one attached hydrogen (secondary N) is 1. The third kappa shape index (κ3) is 7.44. The summed E-state index contributed by atoms with van der Waals surface area (Å²) >= 11 is 12.2. The van der Waals surface area contributed by atoms with Gasteiger partial charge in [0.1, 0.15) is 11.4 Å². The molecule has 0 radical (unpaired) electrons. The van der Waals surface area contributed by atoms with Gasteiger partial charge in [-0.2, -0.15) is 20.5 Å². The van der Waals surface area contributed by atoms with E-state index in [-0.39, 0.29) is 44.8 Å². The summed E-state index contributed by atoms with van der Waals surface area (Å²) in [5.41, 5.74) is 5.77. The summed E-state index contributed by atoms with van der Waals surface area (Å²) in [4.78, 5) is 38.6. The summed E-state index contributed by atoms with van der Waals surface area (Å²) in [6.45, 7) is 1.83. The number of fused-ring (bicyclic) bond motifs is 5. The van der Waals surface area contributed by atoms with Gasteiger partial charge in [0.15, 0.2) is 23.6 Å². The van der Waals surface area contributed by atoms with Gasteiger partial charge in [-0.25, -0.2) is 0 Å². The van der Waals surface area contributed by atoms with Crippen molar-refractivity contribution in [2.24, 2.45) is 30.7 Å². The van der Waals surface area contributed by atoms with Crippen LogP contribution in [0.5, 0.6) is 11.5 Å². The Bertz CT molecular complexity index is 3310. The number of anilines is 1. The van der Waals surface area contributed by atoms with Crippen LogP contribution in [0.25, 0.3) is 32.7 Å². The van der Waals surface area contributed by atoms with E-state index in [1.807, 2.05) is 37.3 Å². The fraction of sp³-hybridized carbons (Fsp3) is 0.0208. The highest BCUT2D eigenvalue weighted by Gasteiger charge is 2.27. The summed E-state index contributed by atoms with van der Waals surface area (Å²) in [7, 11) is 0. The lowest BCUT2D eigenvalue weighted by Crippen LogP contribution is -2.12. The molecule has 0 saturated carbocycles. The molecule has 1 aliphatic carbocycles. The molecule has 0 fully saturated rings. The smallest absolute Gasteiger partial charge is 0.259 e. The third-order valence-corrected chi connectivity index (χ3v) is 11.1. The minimum Gasteiger partial charge on any atom is -0.505 e. The Morgan fingerprint density at radius 2 is 1.15 bits per heavy atom. The van der Waals surface area contributed by atoms with Crippen molar-refractivity contribution in [3.63, 3.8) is 0 Å². The van der Waals surface area contributed by atoms with Crippen molar-refractivity contribution >= 4 is 103 Å². The molecule has 9 rings (SSSR count). The molecule has 0 atom stereocenters. The van der Waals surface area contributed by atoms with Crippen molar-refractivity contribution < 1.29 is 24.6 Å². The Morgan fingerprint density at radius 1 is 0.581 bits per heavy atom. The highest BCUT2D eigenvalue weighted by atomic mass is 35.5. The second kappa shape index (κ2) is 16.3. The van der Waals surface area contributed by atoms with Crippen molar-refractivity contribution in [3.8, 4) is 22.6 Å². The third-order valence-electron chi connectivity index (χ3n) is 10.3. The first kappa shape index (κ1) is 39.5. The number of phenolic OH excluding ortho intramolecular Hbond substituents is 2. The first-order valence-corrected chi connectivity index (χ1v) is 19.7. The number of phenols is 2. The van der Waals surface area contributed by atoms with E-state index < -0.39 is 5.91 Å². The number of halogens is 2. The van der Waals surface area contributed by atoms with E-state index in [2.05, 4.69) is 36.0 Å². The van der Waals surface area contributed by atoms with Crippen LogP contribution in [0.4, 0.5) is 39.8 Å². The molecule has 12 nitrogen and oxygen atoms in total. The van der Waals surface area contributed by atoms with Gasteiger partial charge < -0.3 is 15.5 Å². The molecule has 300 valence electrons. The Balaban J connectivity index is 0.925. The van der Waals surface area contributed by atoms with Gasteiger partial charge in [-0.1, -0.05) is 83.9 Å². The minimum atomic E-state index is -0.574. The van der Waals surface area contributed by atoms with E-state index in [9.17, 15) is 24.6 Å². The van der Waals surface area contributed by atoms with Crippen LogP contribution >= 0.6 is 23.2 Å². The zero-order chi connectivity index (χ0) is 43.1. The minimum absolute atomic E-state index is 0.00459. The van der Waals surface area contributed by atoms with E-state index in [0.717, 1.165) is 22.1 Å². The molecule has 0 bridgehead atoms. The Labute approximate surface area is 362 Å². The zero-order valence-corrected chi connectivity index (χ0v) is 33.8. The largest absolute Gasteiger partial charge is 0.505 e. The summed E-state index contributed by atoms with van der Waals surface area (Å²) in [5, 5.41) is 54.3. The molecule has 0 heterocycles. The molecule has 62 heavy (non-hydrogen) atoms. The van der Waals surface area contributed by atoms with Crippen molar-refractivity contribution in [2.45, 2.75) is 6.92 Å². The van der Waals surface area contributed by atoms with Gasteiger partial charge >= 0.3 is 0 Å². The SMILES string of the molecule is Cc1cc(N=Nc2ccc3c(c2)C(=O)c2cc(N=Nc4c(O)c(C=O)cc5ccccc45)ccc2-3)ccc1N=Nc1c(O)c(C(=O)Nc2ccc(Cl)c(Cl)c2)cc2ccccc12. The van der Waals surface area contributed by atoms with Crippen LogP contribution in [0.15, 0.2) is 164 Å². The van der Waals surface area contributed by atoms with Crippen LogP contribution in [-0.2, 0) is 0 Å². The molecule has 0 spiro atoms. The molecular formula is C48H29Cl2N7O5. The average Bonchev–Trinajstić information content (AvgIpc) is 3.55. The number of aryl methyl sites for hydroxylation is 1. The molecule has 8 aromatic rings. The zero-order valence-electron chi connectivity index (χ0n) is 32.3. The van der Waals surface area contributed by atoms with Crippen molar-refractivity contribution in [1.29, 1.82) is 0 Å². The number of hydrogen-bond donors (Lipinski definition) is 3. The van der Waals surface area contributed by atoms with E-state index in [1.54, 1.807) is 97.1 Å². The molecule has 0 aromatic heterocycles. The number of rotatable bonds is 9. The number of hydrogen-bond acceptors (Lipinski definition) is 11. The number of azo groups is 3. The Morgan fingerprint density at radius 3 is 1.77 bits per heavy atom. The number of carbonyl (C=O) groups is 3. The molecule has 0 saturated heterocycles. The highest BCUT2D eigenvalue weighted by molar-refractivity contribution is 6.42. The van der Waals surface area contributed by atoms with Gasteiger partial charge in [0.2, 0.25) is 0 Å². The lowest BCUT2D eigenvalue weighted by Gasteiger charge is -2.11. The molecule has 1 amide bonds. The molecule has 8 aromatic carbocycles. The number of aromatic hydroxyl groups is 2. The fourth-order valence-corrected chi connectivity index (χ4v) is 7.51. The lowest BCUT2D eigenvalue weighted by atomic mass is 10.0. The van der Waals surface area contributed by atoms with Crippen molar-refractivity contribution in [3.05, 3.63) is 171 Å². The van der Waals surface area contributed by atoms with Crippen LogP contribution in [0, 0.1) is 6.92 Å². The summed E-state index contributed by atoms with van der Waals surface area (Å²) in [6, 6.07) is 37.9. The highest BCUT2D eigenvalue weighted by Crippen LogP contribution is 2.43. The summed E-state index contributed by atoms with van der Waals surface area (Å²) in [5.74, 6) is -1.40. The standard InChI is InChI=1S/C48H29Cl2N7O5/c1-25-18-30(13-17-42(25)55-57-44-34-9-5-3-7-27(34)20-39(47(44)61)48(62)51-29-12-16-40(49)41(50)23-29)52-53-31-10-14-35-36-15-11-32(22-38(36)46(60)37(35)21-31)54-56-43-33-8-4-2-6-26(33)19-28(24-58)45(43)59/h2-24,59,61H,1H3,(H,51,62). The molecule has 0 unspecified atom stereocenters. The Kier molecular flexibility index (Phi) is 10.4. The van der Waals surface area contributed by atoms with Crippen LogP contribution < -0.4 is 5.32 Å². The normalized spacial score (nSPS) is 12.2. The predicted molar refractivity (Wildman–Crippen MR) is 240 cm³/mol. The number of amides is 1. The van der Waals surface area contributed by atoms with Crippen LogP contribution in [0.2, 0.25) is 10.0 Å². The average molecular weight is 855 g/mol. The van der Waals surface area contributed by atoms with Gasteiger partial charge in [-0.15, -0.1) is 10.2 Å². The maximum absolute atomic E-state index is 13.7. The van der Waals surface area contributed by atoms with Gasteiger partial charge in [0.05, 0.1) is 43.9 Å². The first-order valence-electron chi connectivity index (χ1n) is 19.0. The topological polar surface area (TPSA) is 178 Å². The number of carbonyl (C=O) groups excluding carboxylic acids is 3. The van der Waals surface area contributed by atoms with Gasteiger partial charge in [0.25, 0.3) is 5.91 Å². The van der Waals surface area contributed by atoms with E-state index >= 15 is 0 Å². The quantitative estimate of drug-likeness (QED) is 0.0964. The number of benzene rings is 8. The molecule has 0 aliphatic heterocycles. The maximum Gasteiger partial charge on any atom is 0.259 e. The van der Waals surface area contributed by atoms with Crippen LogP contribution in [0.3, 0.4) is 0 Å². The molecule has 1 aliphatic rings. The van der Waals surface area contributed by atoms with Gasteiger partial charge in [-0.05, 0) is 107 Å². The second-order valence-corrected chi connectivity index (χ2v) is 15.1. The van der Waals surface area contributed by atoms with Crippen LogP contribution in [0.1, 0.15) is 42.2 Å². The van der Waals surface area contributed by atoms with Crippen molar-refractivity contribution in [1.82, 2.24) is 0 Å². The maximum atomic E-state index is 13.7. The number of ketones is 1. The summed E-state index contributed by atoms with van der Waals surface area (Å²) in [6.07, 6.45) is 0.566. The monoisotopic (exact) mass is 853 g/mol.